The van der Waals surface area contributed by atoms with Gasteiger partial charge < -0.3 is 9.64 Å². The first-order valence-electron chi connectivity index (χ1n) is 11.9. The molecule has 4 rings (SSSR count). The zero-order valence-electron chi connectivity index (χ0n) is 19.8. The van der Waals surface area contributed by atoms with Crippen LogP contribution in [0.3, 0.4) is 0 Å². The number of ether oxygens (including phenoxy) is 1. The molecule has 0 radical (unpaired) electrons. The number of morpholine rings is 1. The number of halogens is 4. The minimum absolute atomic E-state index is 0.0168. The molecule has 2 heterocycles. The van der Waals surface area contributed by atoms with Crippen molar-refractivity contribution in [2.24, 2.45) is 0 Å². The van der Waals surface area contributed by atoms with E-state index in [-0.39, 0.29) is 17.9 Å². The third-order valence-electron chi connectivity index (χ3n) is 6.94. The Morgan fingerprint density at radius 1 is 1.11 bits per heavy atom. The van der Waals surface area contributed by atoms with Gasteiger partial charge in [0.1, 0.15) is 0 Å². The summed E-state index contributed by atoms with van der Waals surface area (Å²) in [6.07, 6.45) is -3.90. The predicted molar refractivity (Wildman–Crippen MR) is 129 cm³/mol. The van der Waals surface area contributed by atoms with Gasteiger partial charge in [0.25, 0.3) is 0 Å². The van der Waals surface area contributed by atoms with Gasteiger partial charge in [-0.3, -0.25) is 14.6 Å². The van der Waals surface area contributed by atoms with Gasteiger partial charge in [-0.15, -0.1) is 0 Å². The van der Waals surface area contributed by atoms with Gasteiger partial charge in [-0.25, -0.2) is 0 Å². The molecule has 2 aliphatic heterocycles. The monoisotopic (exact) mass is 509 g/mol. The summed E-state index contributed by atoms with van der Waals surface area (Å²) in [5.74, 6) is 0.175. The van der Waals surface area contributed by atoms with E-state index in [1.54, 1.807) is 0 Å². The van der Waals surface area contributed by atoms with Crippen LogP contribution in [0.2, 0.25) is 5.02 Å². The first kappa shape index (κ1) is 25.9. The smallest absolute Gasteiger partial charge is 0.379 e. The molecule has 2 atom stereocenters. The maximum absolute atomic E-state index is 13.1. The molecule has 2 fully saturated rings. The van der Waals surface area contributed by atoms with Gasteiger partial charge in [-0.2, -0.15) is 13.2 Å². The molecule has 9 heteroatoms. The number of likely N-dealkylation sites (tertiary alicyclic amines) is 1. The van der Waals surface area contributed by atoms with E-state index < -0.39 is 11.7 Å². The minimum atomic E-state index is -4.35. The number of benzene rings is 2. The molecule has 0 aliphatic carbocycles. The van der Waals surface area contributed by atoms with E-state index in [0.29, 0.717) is 50.8 Å². The lowest BCUT2D eigenvalue weighted by Gasteiger charge is -2.29. The molecular weight excluding hydrogens is 479 g/mol. The Bertz CT molecular complexity index is 996. The van der Waals surface area contributed by atoms with E-state index in [1.165, 1.54) is 12.1 Å². The summed E-state index contributed by atoms with van der Waals surface area (Å²) in [5, 5.41) is 0.642. The molecule has 0 N–H and O–H groups in total. The zero-order valence-corrected chi connectivity index (χ0v) is 20.6. The fourth-order valence-electron chi connectivity index (χ4n) is 4.94. The summed E-state index contributed by atoms with van der Waals surface area (Å²) < 4.78 is 44.2. The maximum atomic E-state index is 13.1. The van der Waals surface area contributed by atoms with Crippen LogP contribution in [0, 0.1) is 0 Å². The van der Waals surface area contributed by atoms with E-state index in [1.807, 2.05) is 36.2 Å². The minimum Gasteiger partial charge on any atom is -0.379 e. The van der Waals surface area contributed by atoms with Gasteiger partial charge in [-0.1, -0.05) is 35.9 Å². The first-order chi connectivity index (χ1) is 16.7. The molecule has 2 aliphatic rings. The Morgan fingerprint density at radius 2 is 1.83 bits per heavy atom. The molecule has 190 valence electrons. The van der Waals surface area contributed by atoms with Gasteiger partial charge in [0.05, 0.1) is 18.8 Å². The summed E-state index contributed by atoms with van der Waals surface area (Å²) in [6, 6.07) is 13.0. The average molecular weight is 510 g/mol. The van der Waals surface area contributed by atoms with Crippen molar-refractivity contribution in [3.05, 3.63) is 70.2 Å². The lowest BCUT2D eigenvalue weighted by atomic mass is 9.93. The molecule has 2 aromatic rings. The number of hydrogen-bond donors (Lipinski definition) is 0. The van der Waals surface area contributed by atoms with Crippen LogP contribution in [0.5, 0.6) is 0 Å². The number of amides is 1. The second kappa shape index (κ2) is 11.3. The Hall–Kier alpha value is -2.13. The van der Waals surface area contributed by atoms with Crippen molar-refractivity contribution >= 4 is 17.5 Å². The van der Waals surface area contributed by atoms with E-state index in [9.17, 15) is 18.0 Å². The molecule has 1 amide bonds. The first-order valence-corrected chi connectivity index (χ1v) is 12.3. The molecule has 0 aromatic heterocycles. The molecular formula is C26H31ClF3N3O2. The third kappa shape index (κ3) is 6.76. The molecule has 0 spiro atoms. The number of nitrogens with zero attached hydrogens (tertiary/aromatic N) is 3. The highest BCUT2D eigenvalue weighted by atomic mass is 35.5. The van der Waals surface area contributed by atoms with Crippen LogP contribution in [0.15, 0.2) is 48.5 Å². The molecule has 2 aromatic carbocycles. The molecule has 35 heavy (non-hydrogen) atoms. The fraction of sp³-hybridized carbons (Fsp3) is 0.500. The number of rotatable bonds is 7. The lowest BCUT2D eigenvalue weighted by molar-refractivity contribution is -0.137. The molecule has 0 saturated carbocycles. The Labute approximate surface area is 209 Å². The Morgan fingerprint density at radius 3 is 2.49 bits per heavy atom. The molecule has 5 nitrogen and oxygen atoms in total. The van der Waals surface area contributed by atoms with Crippen molar-refractivity contribution in [1.82, 2.24) is 14.7 Å². The van der Waals surface area contributed by atoms with Crippen LogP contribution in [0.25, 0.3) is 0 Å². The third-order valence-corrected chi connectivity index (χ3v) is 7.18. The maximum Gasteiger partial charge on any atom is 0.416 e. The number of carbonyl (C=O) groups is 1. The van der Waals surface area contributed by atoms with Crippen molar-refractivity contribution in [3.8, 4) is 0 Å². The fourth-order valence-corrected chi connectivity index (χ4v) is 5.14. The summed E-state index contributed by atoms with van der Waals surface area (Å²) in [5.41, 5.74) is 1.20. The van der Waals surface area contributed by atoms with Gasteiger partial charge in [0.2, 0.25) is 5.91 Å². The van der Waals surface area contributed by atoms with Crippen LogP contribution in [0.1, 0.15) is 29.0 Å². The summed E-state index contributed by atoms with van der Waals surface area (Å²) >= 11 is 6.26. The topological polar surface area (TPSA) is 36.0 Å². The number of alkyl halides is 3. The lowest BCUT2D eigenvalue weighted by Crippen LogP contribution is -2.40. The quantitative estimate of drug-likeness (QED) is 0.550. The van der Waals surface area contributed by atoms with E-state index in [2.05, 4.69) is 9.80 Å². The Balaban J connectivity index is 1.45. The van der Waals surface area contributed by atoms with Gasteiger partial charge in [0.15, 0.2) is 0 Å². The normalized spacial score (nSPS) is 21.6. The Kier molecular flexibility index (Phi) is 8.37. The summed E-state index contributed by atoms with van der Waals surface area (Å²) in [6.45, 7) is 5.44. The van der Waals surface area contributed by atoms with Gasteiger partial charge in [-0.05, 0) is 42.4 Å². The van der Waals surface area contributed by atoms with Crippen molar-refractivity contribution in [3.63, 3.8) is 0 Å². The number of hydrogen-bond acceptors (Lipinski definition) is 4. The zero-order chi connectivity index (χ0) is 25.0. The van der Waals surface area contributed by atoms with Crippen LogP contribution >= 0.6 is 11.6 Å². The van der Waals surface area contributed by atoms with Crippen molar-refractivity contribution in [1.29, 1.82) is 0 Å². The average Bonchev–Trinajstić information content (AvgIpc) is 3.29. The predicted octanol–water partition coefficient (Wildman–Crippen LogP) is 4.51. The highest BCUT2D eigenvalue weighted by Crippen LogP contribution is 2.34. The van der Waals surface area contributed by atoms with E-state index in [0.717, 1.165) is 36.3 Å². The molecule has 0 bridgehead atoms. The van der Waals surface area contributed by atoms with Gasteiger partial charge in [0, 0.05) is 62.7 Å². The van der Waals surface area contributed by atoms with Crippen LogP contribution in [-0.2, 0) is 22.3 Å². The number of likely N-dealkylation sites (N-methyl/N-ethyl adjacent to an activating group) is 1. The van der Waals surface area contributed by atoms with Crippen LogP contribution < -0.4 is 0 Å². The largest absolute Gasteiger partial charge is 0.416 e. The van der Waals surface area contributed by atoms with E-state index >= 15 is 0 Å². The highest BCUT2D eigenvalue weighted by Gasteiger charge is 2.38. The van der Waals surface area contributed by atoms with Crippen LogP contribution in [-0.4, -0.2) is 79.6 Å². The molecule has 0 unspecified atom stereocenters. The van der Waals surface area contributed by atoms with Crippen LogP contribution in [0.4, 0.5) is 13.2 Å². The van der Waals surface area contributed by atoms with Crippen molar-refractivity contribution in [2.75, 3.05) is 53.0 Å². The summed E-state index contributed by atoms with van der Waals surface area (Å²) in [7, 11) is 1.96. The molecule has 2 saturated heterocycles. The highest BCUT2D eigenvalue weighted by molar-refractivity contribution is 6.30. The SMILES string of the molecule is CN(Cc1ccc(C(F)(F)F)cc1)[C@@H]1CN(C(=O)CCN2CCOCC2)C[C@@H]1c1cccc(Cl)c1. The number of carbonyl (C=O) groups excluding carboxylic acids is 1. The summed E-state index contributed by atoms with van der Waals surface area (Å²) in [4.78, 5) is 19.4. The van der Waals surface area contributed by atoms with Gasteiger partial charge >= 0.3 is 6.18 Å². The van der Waals surface area contributed by atoms with E-state index in [4.69, 9.17) is 16.3 Å². The standard InChI is InChI=1S/C26H31ClF3N3O2/c1-31(16-19-5-7-21(8-6-19)26(28,29)30)24-18-33(17-23(24)20-3-2-4-22(27)15-20)25(34)9-10-32-11-13-35-14-12-32/h2-8,15,23-24H,9-14,16-18H2,1H3/t23-,24-/m1/s1. The van der Waals surface area contributed by atoms with Crippen molar-refractivity contribution < 1.29 is 22.7 Å². The second-order valence-electron chi connectivity index (χ2n) is 9.34. The van der Waals surface area contributed by atoms with Crippen molar-refractivity contribution in [2.45, 2.75) is 31.1 Å². The second-order valence-corrected chi connectivity index (χ2v) is 9.78.